The highest BCUT2D eigenvalue weighted by Gasteiger charge is 2.21. The first-order valence-electron chi connectivity index (χ1n) is 5.92. The summed E-state index contributed by atoms with van der Waals surface area (Å²) in [6.07, 6.45) is 0.879. The summed E-state index contributed by atoms with van der Waals surface area (Å²) in [5.41, 5.74) is 7.84. The van der Waals surface area contributed by atoms with Crippen molar-refractivity contribution in [1.82, 2.24) is 9.88 Å². The zero-order valence-corrected chi connectivity index (χ0v) is 11.5. The van der Waals surface area contributed by atoms with E-state index in [0.717, 1.165) is 42.0 Å². The molecule has 0 fully saturated rings. The van der Waals surface area contributed by atoms with Crippen molar-refractivity contribution in [2.24, 2.45) is 0 Å². The maximum Gasteiger partial charge on any atom is 0.292 e. The molecule has 5 heteroatoms. The molecule has 0 radical (unpaired) electrons. The second-order valence-electron chi connectivity index (χ2n) is 4.47. The van der Waals surface area contributed by atoms with Crippen LogP contribution in [-0.4, -0.2) is 16.4 Å². The highest BCUT2D eigenvalue weighted by Crippen LogP contribution is 2.24. The Bertz CT molecular complexity index is 567. The minimum absolute atomic E-state index is 0.280. The van der Waals surface area contributed by atoms with Gasteiger partial charge in [-0.05, 0) is 11.6 Å². The fourth-order valence-corrected chi connectivity index (χ4v) is 2.69. The Hall–Kier alpha value is -1.33. The minimum Gasteiger partial charge on any atom is -0.429 e. The van der Waals surface area contributed by atoms with Gasteiger partial charge in [0.25, 0.3) is 6.01 Å². The fourth-order valence-electron chi connectivity index (χ4n) is 2.28. The number of aromatic nitrogens is 1. The molecule has 1 aromatic heterocycles. The lowest BCUT2D eigenvalue weighted by Crippen LogP contribution is -2.29. The highest BCUT2D eigenvalue weighted by atomic mass is 79.9. The van der Waals surface area contributed by atoms with Gasteiger partial charge in [-0.1, -0.05) is 34.1 Å². The number of oxazole rings is 1. The van der Waals surface area contributed by atoms with E-state index in [4.69, 9.17) is 10.2 Å². The lowest BCUT2D eigenvalue weighted by molar-refractivity contribution is 0.232. The first-order valence-corrected chi connectivity index (χ1v) is 6.71. The number of nitrogen functional groups attached to an aromatic ring is 1. The number of hydrogen-bond donors (Lipinski definition) is 1. The van der Waals surface area contributed by atoms with Crippen LogP contribution >= 0.6 is 15.9 Å². The van der Waals surface area contributed by atoms with E-state index >= 15 is 0 Å². The van der Waals surface area contributed by atoms with Crippen molar-refractivity contribution in [2.75, 3.05) is 12.3 Å². The third-order valence-corrected chi connectivity index (χ3v) is 3.95. The topological polar surface area (TPSA) is 55.3 Å². The molecule has 4 nitrogen and oxygen atoms in total. The van der Waals surface area contributed by atoms with Crippen LogP contribution in [0.25, 0.3) is 0 Å². The van der Waals surface area contributed by atoms with E-state index in [0.29, 0.717) is 0 Å². The molecule has 2 heterocycles. The number of anilines is 1. The van der Waals surface area contributed by atoms with Gasteiger partial charge in [-0.2, -0.15) is 4.98 Å². The summed E-state index contributed by atoms with van der Waals surface area (Å²) in [6.45, 7) is 2.69. The van der Waals surface area contributed by atoms with Gasteiger partial charge in [-0.15, -0.1) is 0 Å². The summed E-state index contributed by atoms with van der Waals surface area (Å²) in [4.78, 5) is 6.57. The van der Waals surface area contributed by atoms with E-state index in [-0.39, 0.29) is 6.01 Å². The van der Waals surface area contributed by atoms with Crippen molar-refractivity contribution in [3.8, 4) is 0 Å². The van der Waals surface area contributed by atoms with Crippen molar-refractivity contribution in [1.29, 1.82) is 0 Å². The quantitative estimate of drug-likeness (QED) is 0.926. The van der Waals surface area contributed by atoms with Gasteiger partial charge in [-0.25, -0.2) is 0 Å². The van der Waals surface area contributed by atoms with Crippen LogP contribution in [0.15, 0.2) is 33.2 Å². The smallest absolute Gasteiger partial charge is 0.292 e. The molecule has 0 saturated heterocycles. The van der Waals surface area contributed by atoms with E-state index in [1.807, 2.05) is 6.07 Å². The van der Waals surface area contributed by atoms with Gasteiger partial charge in [0.05, 0.1) is 5.69 Å². The number of rotatable bonds is 2. The number of benzene rings is 1. The Balaban J connectivity index is 1.75. The van der Waals surface area contributed by atoms with E-state index < -0.39 is 0 Å². The molecule has 0 spiro atoms. The van der Waals surface area contributed by atoms with E-state index in [1.165, 1.54) is 5.56 Å². The van der Waals surface area contributed by atoms with Crippen LogP contribution < -0.4 is 5.73 Å². The van der Waals surface area contributed by atoms with Crippen LogP contribution in [0.2, 0.25) is 0 Å². The van der Waals surface area contributed by atoms with Crippen molar-refractivity contribution in [3.63, 3.8) is 0 Å². The molecule has 0 atom stereocenters. The third kappa shape index (κ3) is 2.28. The van der Waals surface area contributed by atoms with E-state index in [9.17, 15) is 0 Å². The Morgan fingerprint density at radius 2 is 2.22 bits per heavy atom. The zero-order chi connectivity index (χ0) is 12.5. The lowest BCUT2D eigenvalue weighted by Gasteiger charge is -2.25. The Morgan fingerprint density at radius 3 is 3.06 bits per heavy atom. The normalized spacial score (nSPS) is 15.6. The average Bonchev–Trinajstić information content (AvgIpc) is 2.71. The predicted molar refractivity (Wildman–Crippen MR) is 72.9 cm³/mol. The second kappa shape index (κ2) is 4.74. The van der Waals surface area contributed by atoms with Crippen LogP contribution in [0.5, 0.6) is 0 Å². The average molecular weight is 308 g/mol. The van der Waals surface area contributed by atoms with Crippen molar-refractivity contribution in [2.45, 2.75) is 19.5 Å². The molecule has 0 aliphatic carbocycles. The standard InChI is InChI=1S/C13H14BrN3O/c14-10-4-2-1-3-9(10)7-17-6-5-12-11(8-17)16-13(15)18-12/h1-4H,5-8H2,(H2,15,16). The molecule has 2 aromatic rings. The van der Waals surface area contributed by atoms with Gasteiger partial charge >= 0.3 is 0 Å². The largest absolute Gasteiger partial charge is 0.429 e. The molecular formula is C13H14BrN3O. The van der Waals surface area contributed by atoms with E-state index in [1.54, 1.807) is 0 Å². The fraction of sp³-hybridized carbons (Fsp3) is 0.308. The van der Waals surface area contributed by atoms with Crippen LogP contribution in [0.3, 0.4) is 0 Å². The first kappa shape index (κ1) is 11.7. The summed E-state index contributed by atoms with van der Waals surface area (Å²) in [5, 5.41) is 0. The number of hydrogen-bond acceptors (Lipinski definition) is 4. The summed E-state index contributed by atoms with van der Waals surface area (Å²) in [5.74, 6) is 0.941. The number of fused-ring (bicyclic) bond motifs is 1. The molecule has 0 bridgehead atoms. The molecule has 0 unspecified atom stereocenters. The van der Waals surface area contributed by atoms with Crippen LogP contribution in [0, 0.1) is 0 Å². The summed E-state index contributed by atoms with van der Waals surface area (Å²) in [6, 6.07) is 8.57. The highest BCUT2D eigenvalue weighted by molar-refractivity contribution is 9.10. The first-order chi connectivity index (χ1) is 8.72. The van der Waals surface area contributed by atoms with Crippen LogP contribution in [-0.2, 0) is 19.5 Å². The van der Waals surface area contributed by atoms with Gasteiger partial charge in [0.15, 0.2) is 0 Å². The summed E-state index contributed by atoms with van der Waals surface area (Å²) in [7, 11) is 0. The van der Waals surface area contributed by atoms with E-state index in [2.05, 4.69) is 44.0 Å². The summed E-state index contributed by atoms with van der Waals surface area (Å²) >= 11 is 3.58. The predicted octanol–water partition coefficient (Wildman–Crippen LogP) is 2.58. The van der Waals surface area contributed by atoms with Crippen LogP contribution in [0.4, 0.5) is 6.01 Å². The van der Waals surface area contributed by atoms with Gasteiger partial charge in [0, 0.05) is 30.5 Å². The molecule has 2 N–H and O–H groups in total. The Kier molecular flexibility index (Phi) is 3.09. The zero-order valence-electron chi connectivity index (χ0n) is 9.90. The Morgan fingerprint density at radius 1 is 1.39 bits per heavy atom. The molecule has 3 rings (SSSR count). The van der Waals surface area contributed by atoms with Crippen LogP contribution in [0.1, 0.15) is 17.0 Å². The second-order valence-corrected chi connectivity index (χ2v) is 5.33. The number of halogens is 1. The molecule has 1 aliphatic rings. The van der Waals surface area contributed by atoms with Gasteiger partial charge in [-0.3, -0.25) is 4.90 Å². The molecule has 1 aliphatic heterocycles. The van der Waals surface area contributed by atoms with Gasteiger partial charge < -0.3 is 10.2 Å². The number of nitrogens with zero attached hydrogens (tertiary/aromatic N) is 2. The minimum atomic E-state index is 0.280. The molecule has 94 valence electrons. The Labute approximate surface area is 114 Å². The molecule has 18 heavy (non-hydrogen) atoms. The lowest BCUT2D eigenvalue weighted by atomic mass is 10.1. The molecule has 1 aromatic carbocycles. The third-order valence-electron chi connectivity index (χ3n) is 3.18. The number of nitrogens with two attached hydrogens (primary N) is 1. The maximum absolute atomic E-state index is 5.58. The molecular weight excluding hydrogens is 294 g/mol. The maximum atomic E-state index is 5.58. The van der Waals surface area contributed by atoms with Gasteiger partial charge in [0.2, 0.25) is 0 Å². The SMILES string of the molecule is Nc1nc2c(o1)CCN(Cc1ccccc1Br)C2. The van der Waals surface area contributed by atoms with Crippen molar-refractivity contribution >= 4 is 21.9 Å². The van der Waals surface area contributed by atoms with Crippen molar-refractivity contribution in [3.05, 3.63) is 45.8 Å². The molecule has 0 amide bonds. The molecule has 0 saturated carbocycles. The van der Waals surface area contributed by atoms with Crippen molar-refractivity contribution < 1.29 is 4.42 Å². The summed E-state index contributed by atoms with van der Waals surface area (Å²) < 4.78 is 6.51. The monoisotopic (exact) mass is 307 g/mol. The van der Waals surface area contributed by atoms with Gasteiger partial charge in [0.1, 0.15) is 5.76 Å².